The number of hydrogen-bond donors (Lipinski definition) is 3. The fraction of sp³-hybridized carbons (Fsp3) is 0.452. The van der Waals surface area contributed by atoms with Gasteiger partial charge in [0.25, 0.3) is 0 Å². The van der Waals surface area contributed by atoms with E-state index in [2.05, 4.69) is 103 Å². The van der Waals surface area contributed by atoms with Crippen LogP contribution in [0.3, 0.4) is 0 Å². The molecule has 9 aliphatic heterocycles. The Labute approximate surface area is 703 Å². The third kappa shape index (κ3) is 18.4. The molecule has 18 rings (SSSR count). The molecular weight excluding hydrogens is 1510 g/mol. The Morgan fingerprint density at radius 1 is 0.383 bits per heavy atom. The van der Waals surface area contributed by atoms with Crippen molar-refractivity contribution in [1.29, 1.82) is 0 Å². The Morgan fingerprint density at radius 2 is 0.700 bits per heavy atom. The molecule has 27 heteroatoms. The molecule has 27 nitrogen and oxygen atoms in total. The number of aromatic hydroxyl groups is 3. The van der Waals surface area contributed by atoms with Crippen molar-refractivity contribution in [2.75, 3.05) is 188 Å². The molecule has 120 heavy (non-hydrogen) atoms. The average molecular weight is 1630 g/mol. The number of anilines is 6. The highest BCUT2D eigenvalue weighted by Crippen LogP contribution is 2.42. The number of likely N-dealkylation sites (N-methyl/N-ethyl adjacent to an activating group) is 3. The third-order valence-corrected chi connectivity index (χ3v) is 25.7. The molecule has 0 aliphatic carbocycles. The highest BCUT2D eigenvalue weighted by atomic mass is 16.5. The number of amides is 3. The van der Waals surface area contributed by atoms with Crippen molar-refractivity contribution in [3.05, 3.63) is 181 Å². The van der Waals surface area contributed by atoms with Crippen LogP contribution in [0.15, 0.2) is 147 Å². The van der Waals surface area contributed by atoms with E-state index in [0.29, 0.717) is 154 Å². The van der Waals surface area contributed by atoms with E-state index in [4.69, 9.17) is 44.1 Å². The fourth-order valence-corrected chi connectivity index (χ4v) is 18.9. The lowest BCUT2D eigenvalue weighted by atomic mass is 10.0. The Morgan fingerprint density at radius 3 is 1.02 bits per heavy atom. The van der Waals surface area contributed by atoms with Gasteiger partial charge in [-0.2, -0.15) is 29.9 Å². The van der Waals surface area contributed by atoms with Crippen molar-refractivity contribution in [3.8, 4) is 35.3 Å². The topological polar surface area (TPSA) is 256 Å². The number of piperidine rings is 2. The molecule has 0 unspecified atom stereocenters. The number of phenolic OH excluding ortho intramolecular Hbond substituents is 3. The zero-order valence-corrected chi connectivity index (χ0v) is 69.8. The van der Waals surface area contributed by atoms with Crippen LogP contribution in [-0.4, -0.2) is 269 Å². The van der Waals surface area contributed by atoms with Gasteiger partial charge in [0, 0.05) is 184 Å². The van der Waals surface area contributed by atoms with Crippen LogP contribution < -0.4 is 43.6 Å². The summed E-state index contributed by atoms with van der Waals surface area (Å²) in [6, 6.07) is 37.8. The van der Waals surface area contributed by atoms with Crippen molar-refractivity contribution in [2.45, 2.75) is 115 Å². The maximum Gasteiger partial charge on any atom is 0.318 e. The van der Waals surface area contributed by atoms with E-state index in [1.165, 1.54) is 50.3 Å². The molecule has 0 spiro atoms. The molecule has 12 heterocycles. The first-order valence-corrected chi connectivity index (χ1v) is 43.1. The van der Waals surface area contributed by atoms with Crippen LogP contribution in [0.1, 0.15) is 92.1 Å². The van der Waals surface area contributed by atoms with E-state index in [1.807, 2.05) is 106 Å². The summed E-state index contributed by atoms with van der Waals surface area (Å²) in [4.78, 5) is 92.6. The summed E-state index contributed by atoms with van der Waals surface area (Å²) in [5.74, 6) is 3.45. The van der Waals surface area contributed by atoms with E-state index in [9.17, 15) is 29.7 Å². The fourth-order valence-electron chi connectivity index (χ4n) is 18.9. The maximum atomic E-state index is 12.2. The van der Waals surface area contributed by atoms with Crippen molar-refractivity contribution in [2.24, 2.45) is 0 Å². The lowest BCUT2D eigenvalue weighted by molar-refractivity contribution is -0.127. The quantitative estimate of drug-likeness (QED) is 0.0636. The first-order valence-electron chi connectivity index (χ1n) is 43.1. The summed E-state index contributed by atoms with van der Waals surface area (Å²) in [5, 5.41) is 37.8. The number of likely N-dealkylation sites (tertiary alicyclic amines) is 3. The van der Waals surface area contributed by atoms with Crippen LogP contribution in [0.25, 0.3) is 32.3 Å². The molecule has 3 atom stereocenters. The standard InChI is InChI=1S/3C31H38N6O3/c2*1-3-29(39)35-14-16-36(17-15-35)30-26-11-13-37(28-19-24(38)18-22-8-4-5-10-25(22)28)20-27(26)32-31(33-30)40-21-23-9-6-7-12-34(23)2;1-3-29(39)35-14-16-36(17-15-35)30-26-11-13-37(28-19-24(38)18-22-8-5-6-10-25(22)28)20-27(26)32-31(33-30)40-21-23-9-7-12-34(23)4-2/h2*3-5,8,10,18-19,23,38H,1,6-7,9,11-17,20-21H2,2H3;3,5-6,8,10,18-19,23,38H,1,4,7,9,11-17,20-21H2,2H3/t3*23-/m100/s1. The van der Waals surface area contributed by atoms with Crippen LogP contribution in [0.5, 0.6) is 35.3 Å². The molecule has 6 saturated heterocycles. The lowest BCUT2D eigenvalue weighted by Gasteiger charge is -2.38. The summed E-state index contributed by atoms with van der Waals surface area (Å²) in [6.45, 7) is 31.3. The molecule has 6 aromatic carbocycles. The third-order valence-electron chi connectivity index (χ3n) is 25.7. The molecule has 9 aromatic rings. The summed E-state index contributed by atoms with van der Waals surface area (Å²) in [7, 11) is 4.32. The molecule has 630 valence electrons. The van der Waals surface area contributed by atoms with E-state index in [1.54, 1.807) is 0 Å². The van der Waals surface area contributed by atoms with E-state index < -0.39 is 0 Å². The number of carbonyl (C=O) groups excluding carboxylic acids is 3. The molecule has 0 bridgehead atoms. The van der Waals surface area contributed by atoms with Gasteiger partial charge in [-0.05, 0) is 151 Å². The number of fused-ring (bicyclic) bond motifs is 6. The summed E-state index contributed by atoms with van der Waals surface area (Å²) < 4.78 is 18.9. The molecule has 9 aliphatic rings. The lowest BCUT2D eigenvalue weighted by Crippen LogP contribution is -2.49. The number of benzene rings is 6. The van der Waals surface area contributed by atoms with Gasteiger partial charge in [-0.1, -0.05) is 112 Å². The molecule has 3 amide bonds. The molecule has 0 saturated carbocycles. The molecule has 6 fully saturated rings. The monoisotopic (exact) mass is 1630 g/mol. The van der Waals surface area contributed by atoms with Gasteiger partial charge in [-0.25, -0.2) is 0 Å². The first kappa shape index (κ1) is 82.2. The maximum absolute atomic E-state index is 12.2. The predicted molar refractivity (Wildman–Crippen MR) is 471 cm³/mol. The molecule has 0 radical (unpaired) electrons. The van der Waals surface area contributed by atoms with Crippen molar-refractivity contribution < 1.29 is 43.9 Å². The number of carbonyl (C=O) groups is 3. The first-order chi connectivity index (χ1) is 58.5. The number of aromatic nitrogens is 6. The normalized spacial score (nSPS) is 19.8. The smallest absolute Gasteiger partial charge is 0.318 e. The number of phenols is 3. The van der Waals surface area contributed by atoms with Gasteiger partial charge in [0.05, 0.1) is 36.7 Å². The average Bonchev–Trinajstić information content (AvgIpc) is 1.18. The number of piperazine rings is 3. The molecular formula is C93H114N18O9. The second kappa shape index (κ2) is 37.4. The van der Waals surface area contributed by atoms with Gasteiger partial charge in [-0.3, -0.25) is 19.3 Å². The van der Waals surface area contributed by atoms with Crippen molar-refractivity contribution in [1.82, 2.24) is 59.3 Å². The van der Waals surface area contributed by atoms with Crippen LogP contribution in [0.2, 0.25) is 0 Å². The second-order valence-electron chi connectivity index (χ2n) is 33.0. The molecule has 3 aromatic heterocycles. The number of nitrogens with zero attached hydrogens (tertiary/aromatic N) is 18. The Bertz CT molecular complexity index is 4740. The van der Waals surface area contributed by atoms with Gasteiger partial charge >= 0.3 is 18.0 Å². The minimum absolute atomic E-state index is 0.0283. The SMILES string of the molecule is C=CC(=O)N1CCN(c2nc(OC[C@@H]3CCCCN3C)nc3c2CCN(c2cc(O)cc4ccccc24)C3)CC1.C=CC(=O)N1CCN(c2nc(OC[C@@H]3CCCN3CC)nc3c2CCN(c2cc(O)cc4ccccc24)C3)CC1.C=CC(=O)N1CCN(c2nc(OC[C@H]3CCCCN3C)nc3c2CCN(c2cc(O)cc4ccccc24)C3)CC1. The minimum atomic E-state index is -0.0287. The highest BCUT2D eigenvalue weighted by molar-refractivity contribution is 5.98. The predicted octanol–water partition coefficient (Wildman–Crippen LogP) is 10.8. The Hall–Kier alpha value is -11.6. The van der Waals surface area contributed by atoms with E-state index >= 15 is 0 Å². The van der Waals surface area contributed by atoms with Crippen molar-refractivity contribution >= 4 is 84.6 Å². The highest BCUT2D eigenvalue weighted by Gasteiger charge is 2.36. The Kier molecular flexibility index (Phi) is 25.6. The van der Waals surface area contributed by atoms with E-state index in [-0.39, 0.29) is 35.0 Å². The Balaban J connectivity index is 0.000000134. The number of rotatable bonds is 19. The van der Waals surface area contributed by atoms with Crippen molar-refractivity contribution in [3.63, 3.8) is 0 Å². The summed E-state index contributed by atoms with van der Waals surface area (Å²) in [5.41, 5.74) is 9.33. The largest absolute Gasteiger partial charge is 0.508 e. The number of hydrogen-bond acceptors (Lipinski definition) is 24. The van der Waals surface area contributed by atoms with Crippen LogP contribution in [-0.2, 0) is 53.3 Å². The summed E-state index contributed by atoms with van der Waals surface area (Å²) in [6.07, 6.45) is 16.0. The van der Waals surface area contributed by atoms with Gasteiger partial charge in [-0.15, -0.1) is 0 Å². The van der Waals surface area contributed by atoms with Gasteiger partial charge < -0.3 is 83.4 Å². The second-order valence-corrected chi connectivity index (χ2v) is 33.0. The van der Waals surface area contributed by atoms with Gasteiger partial charge in [0.15, 0.2) is 0 Å². The minimum Gasteiger partial charge on any atom is -0.508 e. The number of ether oxygens (including phenoxy) is 3. The molecule has 3 N–H and O–H groups in total. The van der Waals surface area contributed by atoms with Gasteiger partial charge in [0.1, 0.15) is 54.5 Å². The van der Waals surface area contributed by atoms with Crippen LogP contribution in [0, 0.1) is 0 Å². The zero-order valence-electron chi connectivity index (χ0n) is 69.8. The van der Waals surface area contributed by atoms with Crippen LogP contribution >= 0.6 is 0 Å². The summed E-state index contributed by atoms with van der Waals surface area (Å²) >= 11 is 0. The van der Waals surface area contributed by atoms with Gasteiger partial charge in [0.2, 0.25) is 17.7 Å². The van der Waals surface area contributed by atoms with E-state index in [0.717, 1.165) is 185 Å². The zero-order chi connectivity index (χ0) is 82.9. The van der Waals surface area contributed by atoms with Crippen LogP contribution in [0.4, 0.5) is 34.5 Å².